The predicted octanol–water partition coefficient (Wildman–Crippen LogP) is 3.80. The highest BCUT2D eigenvalue weighted by molar-refractivity contribution is 14.1. The van der Waals surface area contributed by atoms with Crippen LogP contribution in [0.2, 0.25) is 0 Å². The van der Waals surface area contributed by atoms with Crippen molar-refractivity contribution in [3.8, 4) is 0 Å². The molecule has 0 radical (unpaired) electrons. The molecule has 0 spiro atoms. The van der Waals surface area contributed by atoms with Gasteiger partial charge in [-0.15, -0.1) is 0 Å². The maximum Gasteiger partial charge on any atom is 0.282 e. The standard InChI is InChI=1S/C12H15IN2O2/c1-12(5-2-6-12)8-14-9-3-4-11(15(16)17)10(13)7-9/h3-4,7,14H,2,5-6,8H2,1H3. The molecule has 1 saturated carbocycles. The lowest BCUT2D eigenvalue weighted by molar-refractivity contribution is -0.385. The van der Waals surface area contributed by atoms with Gasteiger partial charge in [0.05, 0.1) is 8.49 Å². The maximum absolute atomic E-state index is 10.7. The second kappa shape index (κ2) is 4.80. The number of halogens is 1. The first-order valence-corrected chi connectivity index (χ1v) is 6.76. The molecule has 1 fully saturated rings. The van der Waals surface area contributed by atoms with E-state index in [0.29, 0.717) is 8.99 Å². The van der Waals surface area contributed by atoms with Gasteiger partial charge in [-0.3, -0.25) is 10.1 Å². The first kappa shape index (κ1) is 12.6. The summed E-state index contributed by atoms with van der Waals surface area (Å²) in [6, 6.07) is 5.18. The van der Waals surface area contributed by atoms with Gasteiger partial charge in [-0.1, -0.05) is 13.3 Å². The van der Waals surface area contributed by atoms with Gasteiger partial charge in [0.15, 0.2) is 0 Å². The van der Waals surface area contributed by atoms with Crippen molar-refractivity contribution in [2.45, 2.75) is 26.2 Å². The lowest BCUT2D eigenvalue weighted by atomic mass is 9.70. The molecule has 0 unspecified atom stereocenters. The molecule has 1 aliphatic rings. The fourth-order valence-electron chi connectivity index (χ4n) is 2.04. The topological polar surface area (TPSA) is 55.2 Å². The molecule has 4 nitrogen and oxygen atoms in total. The summed E-state index contributed by atoms with van der Waals surface area (Å²) in [6.45, 7) is 3.22. The Kier molecular flexibility index (Phi) is 3.56. The third-order valence-corrected chi connectivity index (χ3v) is 4.29. The smallest absolute Gasteiger partial charge is 0.282 e. The number of anilines is 1. The minimum Gasteiger partial charge on any atom is -0.384 e. The molecular formula is C12H15IN2O2. The van der Waals surface area contributed by atoms with Crippen LogP contribution in [-0.4, -0.2) is 11.5 Å². The first-order chi connectivity index (χ1) is 8.00. The zero-order chi connectivity index (χ0) is 12.5. The van der Waals surface area contributed by atoms with Crippen molar-refractivity contribution in [1.82, 2.24) is 0 Å². The fourth-order valence-corrected chi connectivity index (χ4v) is 2.75. The number of nitrogens with zero attached hydrogens (tertiary/aromatic N) is 1. The van der Waals surface area contributed by atoms with Crippen molar-refractivity contribution in [2.75, 3.05) is 11.9 Å². The molecule has 0 atom stereocenters. The molecule has 17 heavy (non-hydrogen) atoms. The normalized spacial score (nSPS) is 17.3. The summed E-state index contributed by atoms with van der Waals surface area (Å²) in [5.74, 6) is 0. The van der Waals surface area contributed by atoms with E-state index in [0.717, 1.165) is 12.2 Å². The van der Waals surface area contributed by atoms with E-state index < -0.39 is 0 Å². The SMILES string of the molecule is CC1(CNc2ccc([N+](=O)[O-])c(I)c2)CCC1. The number of hydrogen-bond acceptors (Lipinski definition) is 3. The molecule has 1 aromatic rings. The fraction of sp³-hybridized carbons (Fsp3) is 0.500. The van der Waals surface area contributed by atoms with Crippen molar-refractivity contribution < 1.29 is 4.92 Å². The van der Waals surface area contributed by atoms with Gasteiger partial charge in [0.2, 0.25) is 0 Å². The van der Waals surface area contributed by atoms with Crippen molar-refractivity contribution in [3.05, 3.63) is 31.9 Å². The van der Waals surface area contributed by atoms with Gasteiger partial charge < -0.3 is 5.32 Å². The summed E-state index contributed by atoms with van der Waals surface area (Å²) in [5.41, 5.74) is 1.55. The number of nitro benzene ring substituents is 1. The van der Waals surface area contributed by atoms with Crippen LogP contribution in [0.15, 0.2) is 18.2 Å². The van der Waals surface area contributed by atoms with E-state index in [2.05, 4.69) is 12.2 Å². The van der Waals surface area contributed by atoms with Crippen molar-refractivity contribution in [1.29, 1.82) is 0 Å². The number of nitro groups is 1. The Morgan fingerprint density at radius 1 is 1.53 bits per heavy atom. The summed E-state index contributed by atoms with van der Waals surface area (Å²) in [7, 11) is 0. The molecular weight excluding hydrogens is 331 g/mol. The van der Waals surface area contributed by atoms with Gasteiger partial charge >= 0.3 is 0 Å². The van der Waals surface area contributed by atoms with E-state index in [4.69, 9.17) is 0 Å². The second-order valence-electron chi connectivity index (χ2n) is 4.94. The summed E-state index contributed by atoms with van der Waals surface area (Å²) in [4.78, 5) is 10.3. The average molecular weight is 346 g/mol. The van der Waals surface area contributed by atoms with Gasteiger partial charge in [-0.05, 0) is 53.0 Å². The average Bonchev–Trinajstić information content (AvgIpc) is 2.23. The molecule has 5 heteroatoms. The van der Waals surface area contributed by atoms with Gasteiger partial charge in [0.1, 0.15) is 0 Å². The van der Waals surface area contributed by atoms with Gasteiger partial charge in [0, 0.05) is 18.3 Å². The molecule has 0 heterocycles. The van der Waals surface area contributed by atoms with Gasteiger partial charge in [-0.25, -0.2) is 0 Å². The summed E-state index contributed by atoms with van der Waals surface area (Å²) in [5, 5.41) is 14.1. The molecule has 0 bridgehead atoms. The molecule has 0 aliphatic heterocycles. The van der Waals surface area contributed by atoms with Crippen molar-refractivity contribution in [2.24, 2.45) is 5.41 Å². The Balaban J connectivity index is 2.02. The van der Waals surface area contributed by atoms with Crippen LogP contribution in [-0.2, 0) is 0 Å². The van der Waals surface area contributed by atoms with E-state index in [1.165, 1.54) is 19.3 Å². The Morgan fingerprint density at radius 2 is 2.24 bits per heavy atom. The first-order valence-electron chi connectivity index (χ1n) is 5.68. The molecule has 1 aliphatic carbocycles. The van der Waals surface area contributed by atoms with E-state index in [-0.39, 0.29) is 10.6 Å². The van der Waals surface area contributed by atoms with Crippen LogP contribution in [0.5, 0.6) is 0 Å². The quantitative estimate of drug-likeness (QED) is 0.513. The molecule has 2 rings (SSSR count). The monoisotopic (exact) mass is 346 g/mol. The van der Waals surface area contributed by atoms with E-state index in [1.807, 2.05) is 28.7 Å². The minimum absolute atomic E-state index is 0.172. The second-order valence-corrected chi connectivity index (χ2v) is 6.10. The largest absolute Gasteiger partial charge is 0.384 e. The molecule has 0 aromatic heterocycles. The van der Waals surface area contributed by atoms with E-state index in [9.17, 15) is 10.1 Å². The Hall–Kier alpha value is -0.850. The van der Waals surface area contributed by atoms with Crippen LogP contribution < -0.4 is 5.32 Å². The molecule has 92 valence electrons. The molecule has 1 aromatic carbocycles. The van der Waals surface area contributed by atoms with Crippen molar-refractivity contribution in [3.63, 3.8) is 0 Å². The van der Waals surface area contributed by atoms with Crippen LogP contribution >= 0.6 is 22.6 Å². The van der Waals surface area contributed by atoms with Gasteiger partial charge in [-0.2, -0.15) is 0 Å². The highest BCUT2D eigenvalue weighted by Gasteiger charge is 2.31. The van der Waals surface area contributed by atoms with Crippen LogP contribution in [0.3, 0.4) is 0 Å². The van der Waals surface area contributed by atoms with Crippen molar-refractivity contribution >= 4 is 34.0 Å². The third-order valence-electron chi connectivity index (χ3n) is 3.42. The number of nitrogens with one attached hydrogen (secondary N) is 1. The summed E-state index contributed by atoms with van der Waals surface area (Å²) in [6.07, 6.45) is 3.85. The number of benzene rings is 1. The molecule has 1 N–H and O–H groups in total. The van der Waals surface area contributed by atoms with E-state index in [1.54, 1.807) is 12.1 Å². The Labute approximate surface area is 114 Å². The number of rotatable bonds is 4. The van der Waals surface area contributed by atoms with Crippen LogP contribution in [0.25, 0.3) is 0 Å². The lowest BCUT2D eigenvalue weighted by Crippen LogP contribution is -2.33. The van der Waals surface area contributed by atoms with Gasteiger partial charge in [0.25, 0.3) is 5.69 Å². The Morgan fingerprint density at radius 3 is 2.71 bits per heavy atom. The highest BCUT2D eigenvalue weighted by atomic mass is 127. The maximum atomic E-state index is 10.7. The summed E-state index contributed by atoms with van der Waals surface area (Å²) >= 11 is 2.00. The molecule has 0 amide bonds. The lowest BCUT2D eigenvalue weighted by Gasteiger charge is -2.38. The zero-order valence-corrected chi connectivity index (χ0v) is 11.9. The van der Waals surface area contributed by atoms with Crippen LogP contribution in [0.1, 0.15) is 26.2 Å². The van der Waals surface area contributed by atoms with Crippen LogP contribution in [0, 0.1) is 19.1 Å². The summed E-state index contributed by atoms with van der Waals surface area (Å²) < 4.78 is 0.677. The highest BCUT2D eigenvalue weighted by Crippen LogP contribution is 2.40. The Bertz CT molecular complexity index is 444. The number of hydrogen-bond donors (Lipinski definition) is 1. The van der Waals surface area contributed by atoms with Crippen LogP contribution in [0.4, 0.5) is 11.4 Å². The molecule has 0 saturated heterocycles. The van der Waals surface area contributed by atoms with E-state index >= 15 is 0 Å². The minimum atomic E-state index is -0.348. The predicted molar refractivity (Wildman–Crippen MR) is 76.3 cm³/mol. The third kappa shape index (κ3) is 2.88. The zero-order valence-electron chi connectivity index (χ0n) is 9.70.